The van der Waals surface area contributed by atoms with Crippen molar-refractivity contribution in [3.05, 3.63) is 99.9 Å². The molecule has 1 aliphatic carbocycles. The minimum absolute atomic E-state index is 0. The topological polar surface area (TPSA) is 53.5 Å². The van der Waals surface area contributed by atoms with Crippen molar-refractivity contribution in [2.45, 2.75) is 39.7 Å². The number of benzene rings is 1. The van der Waals surface area contributed by atoms with Crippen LogP contribution >= 0.6 is 11.3 Å². The fraction of sp³-hybridized carbons (Fsp3) is 0.269. The monoisotopic (exact) mass is 470 g/mol. The number of hydrogen-bond acceptors (Lipinski definition) is 4. The fourth-order valence-electron chi connectivity index (χ4n) is 3.03. The second-order valence-electron chi connectivity index (χ2n) is 7.69. The normalized spacial score (nSPS) is 15.6. The van der Waals surface area contributed by atoms with Crippen LogP contribution in [0.1, 0.15) is 43.2 Å². The Morgan fingerprint density at radius 2 is 2.12 bits per heavy atom. The minimum Gasteiger partial charge on any atom is -0.560 e. The predicted octanol–water partition coefficient (Wildman–Crippen LogP) is 2.71. The van der Waals surface area contributed by atoms with Crippen LogP contribution in [0.4, 0.5) is 5.69 Å². The van der Waals surface area contributed by atoms with Gasteiger partial charge in [-0.2, -0.15) is 6.07 Å². The second kappa shape index (κ2) is 13.3. The van der Waals surface area contributed by atoms with Crippen LogP contribution in [0.2, 0.25) is 0 Å². The molecule has 2 aromatic rings. The third-order valence-corrected chi connectivity index (χ3v) is 5.94. The van der Waals surface area contributed by atoms with E-state index in [2.05, 4.69) is 35.3 Å². The molecule has 3 rings (SSSR count). The van der Waals surface area contributed by atoms with Crippen molar-refractivity contribution >= 4 is 22.9 Å². The van der Waals surface area contributed by atoms with Gasteiger partial charge in [-0.05, 0) is 61.7 Å². The van der Waals surface area contributed by atoms with Gasteiger partial charge in [0.15, 0.2) is 0 Å². The summed E-state index contributed by atoms with van der Waals surface area (Å²) >= 11 is 1.67. The van der Waals surface area contributed by atoms with Crippen LogP contribution in [0.25, 0.3) is 0 Å². The van der Waals surface area contributed by atoms with E-state index in [0.29, 0.717) is 11.5 Å². The first-order valence-electron chi connectivity index (χ1n) is 10.5. The molecule has 0 saturated heterocycles. The number of amides is 1. The van der Waals surface area contributed by atoms with Crippen molar-refractivity contribution in [2.75, 3.05) is 5.32 Å². The number of rotatable bonds is 9. The summed E-state index contributed by atoms with van der Waals surface area (Å²) in [6.07, 6.45) is 12.7. The van der Waals surface area contributed by atoms with Crippen molar-refractivity contribution in [3.8, 4) is 0 Å². The number of aryl methyl sites for hydroxylation is 1. The zero-order chi connectivity index (χ0) is 22.2. The third kappa shape index (κ3) is 8.50. The largest absolute Gasteiger partial charge is 1.00 e. The van der Waals surface area contributed by atoms with Gasteiger partial charge in [0.25, 0.3) is 5.91 Å². The van der Waals surface area contributed by atoms with Crippen LogP contribution in [-0.4, -0.2) is 5.91 Å². The molecule has 1 fully saturated rings. The smallest absolute Gasteiger partial charge is 0.560 e. The van der Waals surface area contributed by atoms with Gasteiger partial charge in [-0.1, -0.05) is 48.7 Å². The zero-order valence-electron chi connectivity index (χ0n) is 19.3. The zero-order valence-corrected chi connectivity index (χ0v) is 23.3. The molecule has 1 heterocycles. The molecule has 1 saturated carbocycles. The number of thiophene rings is 1. The summed E-state index contributed by atoms with van der Waals surface area (Å²) in [4.78, 5) is 18.3. The van der Waals surface area contributed by atoms with Gasteiger partial charge >= 0.3 is 51.4 Å². The van der Waals surface area contributed by atoms with Gasteiger partial charge in [0.05, 0.1) is 0 Å². The Bertz CT molecular complexity index is 1090. The van der Waals surface area contributed by atoms with E-state index in [0.717, 1.165) is 22.2 Å². The van der Waals surface area contributed by atoms with E-state index >= 15 is 0 Å². The Morgan fingerprint density at radius 3 is 2.78 bits per heavy atom. The van der Waals surface area contributed by atoms with Gasteiger partial charge in [0.2, 0.25) is 0 Å². The van der Waals surface area contributed by atoms with E-state index in [-0.39, 0.29) is 63.3 Å². The van der Waals surface area contributed by atoms with Crippen molar-refractivity contribution < 1.29 is 56.2 Å². The Balaban J connectivity index is 0.00000363. The molecule has 1 amide bonds. The molecule has 0 aliphatic heterocycles. The van der Waals surface area contributed by atoms with Crippen molar-refractivity contribution in [2.24, 2.45) is 10.9 Å². The maximum absolute atomic E-state index is 12.7. The summed E-state index contributed by atoms with van der Waals surface area (Å²) in [7, 11) is 0. The second-order valence-corrected chi connectivity index (χ2v) is 8.81. The van der Waals surface area contributed by atoms with Crippen molar-refractivity contribution in [3.63, 3.8) is 0 Å². The maximum Gasteiger partial charge on any atom is 1.00 e. The van der Waals surface area contributed by atoms with E-state index in [1.807, 2.05) is 67.8 Å². The standard InChI is InChI=1S/C26H29N3OS.K/c1-5-21(10-9-18(2)22-11-12-22)26(30)29-24-8-6-7-23(16-24)20(4)27-13-14-28-25-15-19(3)31-17-25;/h5-10,14-17,20,22,27H,2,11-12H2,1,3-4H3,(H,29,30);/q-2;+1/b10-9-,21-5+,28-25?;. The Morgan fingerprint density at radius 1 is 1.34 bits per heavy atom. The molecule has 1 aromatic heterocycles. The van der Waals surface area contributed by atoms with E-state index in [1.54, 1.807) is 17.5 Å². The van der Waals surface area contributed by atoms with Crippen molar-refractivity contribution in [1.29, 1.82) is 0 Å². The quantitative estimate of drug-likeness (QED) is 0.195. The van der Waals surface area contributed by atoms with Gasteiger partial charge in [-0.25, -0.2) is 0 Å². The van der Waals surface area contributed by atoms with E-state index < -0.39 is 0 Å². The first-order chi connectivity index (χ1) is 15.0. The number of anilines is 1. The number of allylic oxidation sites excluding steroid dienone is 3. The van der Waals surface area contributed by atoms with Gasteiger partial charge in [0, 0.05) is 17.3 Å². The van der Waals surface area contributed by atoms with Crippen LogP contribution in [-0.2, 0) is 4.79 Å². The van der Waals surface area contributed by atoms with Crippen LogP contribution < -0.4 is 67.4 Å². The molecule has 1 aromatic carbocycles. The Labute approximate surface area is 237 Å². The van der Waals surface area contributed by atoms with Gasteiger partial charge in [-0.3, -0.25) is 16.1 Å². The average molecular weight is 471 g/mol. The summed E-state index contributed by atoms with van der Waals surface area (Å²) in [6.45, 7) is 10.0. The SMILES string of the molecule is C=C(/C=C\C(=C/C)C(=O)Nc1cccc(C(C)N[C-]=CN=c2cc(C)s[cH-]2)c1)C1CC1.[K+]. The summed E-state index contributed by atoms with van der Waals surface area (Å²) in [5, 5.41) is 9.13. The van der Waals surface area contributed by atoms with Crippen LogP contribution in [0.15, 0.2) is 82.9 Å². The van der Waals surface area contributed by atoms with E-state index in [4.69, 9.17) is 0 Å². The van der Waals surface area contributed by atoms with Crippen LogP contribution in [0, 0.1) is 19.0 Å². The molecule has 2 N–H and O–H groups in total. The number of carbonyl (C=O) groups is 1. The van der Waals surface area contributed by atoms with E-state index in [9.17, 15) is 4.79 Å². The Kier molecular flexibility index (Phi) is 11.2. The number of nitrogens with one attached hydrogen (secondary N) is 2. The number of nitrogens with zero attached hydrogens (tertiary/aromatic N) is 1. The predicted molar refractivity (Wildman–Crippen MR) is 129 cm³/mol. The molecule has 0 spiro atoms. The summed E-state index contributed by atoms with van der Waals surface area (Å²) in [5.41, 5.74) is 3.52. The molecule has 6 heteroatoms. The summed E-state index contributed by atoms with van der Waals surface area (Å²) in [6, 6.07) is 9.87. The molecule has 0 radical (unpaired) electrons. The van der Waals surface area contributed by atoms with Crippen molar-refractivity contribution in [1.82, 2.24) is 5.32 Å². The Hall–Kier alpha value is -1.41. The molecule has 0 bridgehead atoms. The molecule has 1 atom stereocenters. The molecule has 4 nitrogen and oxygen atoms in total. The molecule has 162 valence electrons. The fourth-order valence-corrected chi connectivity index (χ4v) is 3.65. The maximum atomic E-state index is 12.7. The van der Waals surface area contributed by atoms with Crippen LogP contribution in [0.3, 0.4) is 0 Å². The molecule has 1 aliphatic rings. The summed E-state index contributed by atoms with van der Waals surface area (Å²) < 4.78 is 0. The molecular weight excluding hydrogens is 441 g/mol. The average Bonchev–Trinajstić information content (AvgIpc) is 3.53. The van der Waals surface area contributed by atoms with Gasteiger partial charge in [-0.15, -0.1) is 11.1 Å². The molecule has 1 unspecified atom stereocenters. The molecule has 32 heavy (non-hydrogen) atoms. The third-order valence-electron chi connectivity index (χ3n) is 5.09. The number of hydrogen-bond donors (Lipinski definition) is 2. The number of carbonyl (C=O) groups excluding carboxylic acids is 1. The molecular formula is C26H29KN3OS-. The summed E-state index contributed by atoms with van der Waals surface area (Å²) in [5.74, 6) is 0.465. The van der Waals surface area contributed by atoms with E-state index in [1.165, 1.54) is 17.7 Å². The first-order valence-corrected chi connectivity index (χ1v) is 11.4. The van der Waals surface area contributed by atoms with Gasteiger partial charge in [0.1, 0.15) is 0 Å². The van der Waals surface area contributed by atoms with Gasteiger partial charge < -0.3 is 21.8 Å². The first kappa shape index (κ1) is 26.8. The van der Waals surface area contributed by atoms with Crippen LogP contribution in [0.5, 0.6) is 0 Å². The minimum atomic E-state index is -0.128.